The average Bonchev–Trinajstić information content (AvgIpc) is 3.22. The fraction of sp³-hybridized carbons (Fsp3) is 0.944. The van der Waals surface area contributed by atoms with Crippen molar-refractivity contribution < 1.29 is 28.6 Å². The highest BCUT2D eigenvalue weighted by molar-refractivity contribution is 5.71. The van der Waals surface area contributed by atoms with Gasteiger partial charge in [-0.2, -0.15) is 0 Å². The number of carbonyl (C=O) groups is 3. The molecule has 0 amide bonds. The molecule has 0 aromatic rings. The lowest BCUT2D eigenvalue weighted by atomic mass is 10.0. The molecule has 60 heavy (non-hydrogen) atoms. The summed E-state index contributed by atoms with van der Waals surface area (Å²) in [6.45, 7) is 11.4. The Morgan fingerprint density at radius 1 is 0.317 bits per heavy atom. The molecule has 0 saturated heterocycles. The molecule has 356 valence electrons. The number of hydrogen-bond acceptors (Lipinski definition) is 6. The normalized spacial score (nSPS) is 12.1. The lowest BCUT2D eigenvalue weighted by Crippen LogP contribution is -2.30. The van der Waals surface area contributed by atoms with E-state index in [-0.39, 0.29) is 31.1 Å². The fourth-order valence-corrected chi connectivity index (χ4v) is 8.17. The number of unbranched alkanes of at least 4 members (excludes halogenated alkanes) is 33. The predicted octanol–water partition coefficient (Wildman–Crippen LogP) is 17.3. The van der Waals surface area contributed by atoms with Crippen molar-refractivity contribution in [2.24, 2.45) is 11.8 Å². The van der Waals surface area contributed by atoms with E-state index in [4.69, 9.17) is 14.2 Å². The maximum Gasteiger partial charge on any atom is 0.306 e. The van der Waals surface area contributed by atoms with E-state index >= 15 is 0 Å². The molecule has 1 atom stereocenters. The van der Waals surface area contributed by atoms with Crippen LogP contribution >= 0.6 is 0 Å². The molecule has 0 unspecified atom stereocenters. The molecular formula is C54H104O6. The largest absolute Gasteiger partial charge is 0.462 e. The zero-order valence-corrected chi connectivity index (χ0v) is 41.1. The number of hydrogen-bond donors (Lipinski definition) is 0. The van der Waals surface area contributed by atoms with Crippen molar-refractivity contribution >= 4 is 17.9 Å². The Balaban J connectivity index is 4.30. The van der Waals surface area contributed by atoms with Gasteiger partial charge in [-0.1, -0.05) is 259 Å². The van der Waals surface area contributed by atoms with Crippen LogP contribution in [0.3, 0.4) is 0 Å². The van der Waals surface area contributed by atoms with Gasteiger partial charge < -0.3 is 14.2 Å². The molecule has 0 bridgehead atoms. The molecule has 0 heterocycles. The monoisotopic (exact) mass is 849 g/mol. The van der Waals surface area contributed by atoms with E-state index in [1.807, 2.05) is 0 Å². The molecule has 0 radical (unpaired) electrons. The Hall–Kier alpha value is -1.59. The summed E-state index contributed by atoms with van der Waals surface area (Å²) in [5, 5.41) is 0. The highest BCUT2D eigenvalue weighted by atomic mass is 16.6. The topological polar surface area (TPSA) is 78.9 Å². The molecule has 0 aliphatic rings. The predicted molar refractivity (Wildman–Crippen MR) is 256 cm³/mol. The van der Waals surface area contributed by atoms with Gasteiger partial charge in [-0.3, -0.25) is 14.4 Å². The van der Waals surface area contributed by atoms with Gasteiger partial charge in [-0.15, -0.1) is 0 Å². The zero-order valence-electron chi connectivity index (χ0n) is 41.1. The highest BCUT2D eigenvalue weighted by Gasteiger charge is 2.19. The third kappa shape index (κ3) is 47.5. The van der Waals surface area contributed by atoms with Crippen LogP contribution in [0.25, 0.3) is 0 Å². The summed E-state index contributed by atoms with van der Waals surface area (Å²) < 4.78 is 16.8. The van der Waals surface area contributed by atoms with Crippen LogP contribution in [0.15, 0.2) is 0 Å². The number of esters is 3. The molecule has 0 spiro atoms. The Bertz CT molecular complexity index is 916. The molecule has 0 aromatic carbocycles. The molecule has 0 aliphatic heterocycles. The standard InChI is InChI=1S/C54H104O6/c1-6-7-8-9-10-11-12-18-24-29-34-39-44-52(55)58-47-51(48-59-53(56)45-40-35-30-25-21-20-23-28-33-38-43-50(4)5)60-54(57)46-41-36-31-26-19-16-14-13-15-17-22-27-32-37-42-49(2)3/h49-51H,6-48H2,1-5H3/t51-/m0/s1. The first kappa shape index (κ1) is 58.4. The Kier molecular flexibility index (Phi) is 45.7. The first-order chi connectivity index (χ1) is 29.2. The first-order valence-corrected chi connectivity index (χ1v) is 26.7. The summed E-state index contributed by atoms with van der Waals surface area (Å²) in [6, 6.07) is 0. The second kappa shape index (κ2) is 46.9. The second-order valence-corrected chi connectivity index (χ2v) is 19.5. The minimum absolute atomic E-state index is 0.0634. The minimum Gasteiger partial charge on any atom is -0.462 e. The minimum atomic E-state index is -0.761. The van der Waals surface area contributed by atoms with E-state index in [0.717, 1.165) is 69.6 Å². The van der Waals surface area contributed by atoms with Crippen LogP contribution in [0.4, 0.5) is 0 Å². The number of ether oxygens (including phenoxy) is 3. The molecule has 0 aromatic heterocycles. The van der Waals surface area contributed by atoms with Gasteiger partial charge in [0.1, 0.15) is 13.2 Å². The highest BCUT2D eigenvalue weighted by Crippen LogP contribution is 2.18. The van der Waals surface area contributed by atoms with Crippen LogP contribution in [-0.2, 0) is 28.6 Å². The molecule has 0 fully saturated rings. The lowest BCUT2D eigenvalue weighted by Gasteiger charge is -2.18. The molecule has 0 saturated carbocycles. The summed E-state index contributed by atoms with van der Waals surface area (Å²) in [4.78, 5) is 38.0. The first-order valence-electron chi connectivity index (χ1n) is 26.7. The summed E-state index contributed by atoms with van der Waals surface area (Å²) in [5.74, 6) is 0.816. The Morgan fingerprint density at radius 2 is 0.550 bits per heavy atom. The van der Waals surface area contributed by atoms with Gasteiger partial charge in [0.15, 0.2) is 6.10 Å². The SMILES string of the molecule is CCCCCCCCCCCCCCC(=O)OC[C@@H](COC(=O)CCCCCCCCCCCCC(C)C)OC(=O)CCCCCCCCCCCCCCCCC(C)C. The molecule has 0 N–H and O–H groups in total. The van der Waals surface area contributed by atoms with Crippen molar-refractivity contribution in [1.82, 2.24) is 0 Å². The van der Waals surface area contributed by atoms with Crippen LogP contribution in [0.2, 0.25) is 0 Å². The number of rotatable bonds is 48. The Labute approximate surface area is 374 Å². The molecule has 0 rings (SSSR count). The van der Waals surface area contributed by atoms with Crippen LogP contribution in [0, 0.1) is 11.8 Å². The lowest BCUT2D eigenvalue weighted by molar-refractivity contribution is -0.167. The van der Waals surface area contributed by atoms with Crippen molar-refractivity contribution in [1.29, 1.82) is 0 Å². The smallest absolute Gasteiger partial charge is 0.306 e. The van der Waals surface area contributed by atoms with Crippen LogP contribution in [-0.4, -0.2) is 37.2 Å². The fourth-order valence-electron chi connectivity index (χ4n) is 8.17. The van der Waals surface area contributed by atoms with Gasteiger partial charge in [0.05, 0.1) is 0 Å². The van der Waals surface area contributed by atoms with Crippen molar-refractivity contribution in [2.45, 2.75) is 304 Å². The maximum atomic E-state index is 12.8. The van der Waals surface area contributed by atoms with Crippen LogP contribution in [0.1, 0.15) is 298 Å². The summed E-state index contributed by atoms with van der Waals surface area (Å²) >= 11 is 0. The molecule has 6 nitrogen and oxygen atoms in total. The molecular weight excluding hydrogens is 745 g/mol. The average molecular weight is 849 g/mol. The summed E-state index contributed by atoms with van der Waals surface area (Å²) in [5.41, 5.74) is 0. The van der Waals surface area contributed by atoms with Crippen molar-refractivity contribution in [2.75, 3.05) is 13.2 Å². The zero-order chi connectivity index (χ0) is 44.0. The van der Waals surface area contributed by atoms with Gasteiger partial charge in [-0.25, -0.2) is 0 Å². The van der Waals surface area contributed by atoms with E-state index in [1.54, 1.807) is 0 Å². The Morgan fingerprint density at radius 3 is 0.817 bits per heavy atom. The van der Waals surface area contributed by atoms with Gasteiger partial charge in [-0.05, 0) is 31.1 Å². The van der Waals surface area contributed by atoms with Crippen LogP contribution < -0.4 is 0 Å². The van der Waals surface area contributed by atoms with Gasteiger partial charge in [0, 0.05) is 19.3 Å². The van der Waals surface area contributed by atoms with E-state index in [9.17, 15) is 14.4 Å². The van der Waals surface area contributed by atoms with Crippen LogP contribution in [0.5, 0.6) is 0 Å². The molecule has 6 heteroatoms. The quantitative estimate of drug-likeness (QED) is 0.0345. The summed E-state index contributed by atoms with van der Waals surface area (Å²) in [6.07, 6.45) is 48.0. The van der Waals surface area contributed by atoms with E-state index in [0.29, 0.717) is 19.3 Å². The number of carbonyl (C=O) groups excluding carboxylic acids is 3. The van der Waals surface area contributed by atoms with E-state index in [2.05, 4.69) is 34.6 Å². The second-order valence-electron chi connectivity index (χ2n) is 19.5. The van der Waals surface area contributed by atoms with Gasteiger partial charge >= 0.3 is 17.9 Å². The van der Waals surface area contributed by atoms with Gasteiger partial charge in [0.2, 0.25) is 0 Å². The third-order valence-corrected chi connectivity index (χ3v) is 12.2. The van der Waals surface area contributed by atoms with Crippen molar-refractivity contribution in [3.05, 3.63) is 0 Å². The van der Waals surface area contributed by atoms with E-state index in [1.165, 1.54) is 186 Å². The third-order valence-electron chi connectivity index (χ3n) is 12.2. The summed E-state index contributed by atoms with van der Waals surface area (Å²) in [7, 11) is 0. The van der Waals surface area contributed by atoms with E-state index < -0.39 is 6.10 Å². The maximum absolute atomic E-state index is 12.8. The molecule has 0 aliphatic carbocycles. The van der Waals surface area contributed by atoms with Gasteiger partial charge in [0.25, 0.3) is 0 Å². The van der Waals surface area contributed by atoms with Crippen molar-refractivity contribution in [3.8, 4) is 0 Å². The van der Waals surface area contributed by atoms with Crippen molar-refractivity contribution in [3.63, 3.8) is 0 Å².